The van der Waals surface area contributed by atoms with Crippen LogP contribution in [0.5, 0.6) is 5.75 Å². The van der Waals surface area contributed by atoms with Crippen LogP contribution in [0.2, 0.25) is 0 Å². The standard InChI is InChI=1S/C9H11NO5/c1-14-9(15-2)7-5-6(11)3-4-8(7)10(12)13/h3-5,9,11H,1-2H3. The molecule has 1 aromatic rings. The fourth-order valence-corrected chi connectivity index (χ4v) is 1.25. The summed E-state index contributed by atoms with van der Waals surface area (Å²) in [5, 5.41) is 19.9. The second-order valence-corrected chi connectivity index (χ2v) is 2.80. The number of benzene rings is 1. The topological polar surface area (TPSA) is 81.8 Å². The number of aromatic hydroxyl groups is 1. The Morgan fingerprint density at radius 2 is 2.00 bits per heavy atom. The van der Waals surface area contributed by atoms with Crippen LogP contribution in [0.25, 0.3) is 0 Å². The number of methoxy groups -OCH3 is 2. The van der Waals surface area contributed by atoms with Gasteiger partial charge in [0.05, 0.1) is 10.5 Å². The van der Waals surface area contributed by atoms with Gasteiger partial charge in [0.15, 0.2) is 6.29 Å². The maximum Gasteiger partial charge on any atom is 0.277 e. The molecule has 0 aliphatic rings. The molecule has 6 nitrogen and oxygen atoms in total. The van der Waals surface area contributed by atoms with Crippen molar-refractivity contribution in [3.05, 3.63) is 33.9 Å². The number of hydrogen-bond donors (Lipinski definition) is 1. The van der Waals surface area contributed by atoms with Gasteiger partial charge in [-0.05, 0) is 12.1 Å². The summed E-state index contributed by atoms with van der Waals surface area (Å²) in [7, 11) is 2.73. The molecule has 1 rings (SSSR count). The van der Waals surface area contributed by atoms with E-state index in [0.717, 1.165) is 0 Å². The average Bonchev–Trinajstić information content (AvgIpc) is 2.19. The monoisotopic (exact) mass is 213 g/mol. The predicted molar refractivity (Wildman–Crippen MR) is 51.5 cm³/mol. The van der Waals surface area contributed by atoms with E-state index in [1.807, 2.05) is 0 Å². The Kier molecular flexibility index (Phi) is 3.59. The molecular formula is C9H11NO5. The van der Waals surface area contributed by atoms with E-state index < -0.39 is 11.2 Å². The quantitative estimate of drug-likeness (QED) is 0.466. The number of nitrogens with zero attached hydrogens (tertiary/aromatic N) is 1. The maximum absolute atomic E-state index is 10.7. The van der Waals surface area contributed by atoms with Gasteiger partial charge >= 0.3 is 0 Å². The molecule has 1 N–H and O–H groups in total. The van der Waals surface area contributed by atoms with Crippen molar-refractivity contribution in [2.45, 2.75) is 6.29 Å². The number of ether oxygens (including phenoxy) is 2. The van der Waals surface area contributed by atoms with Gasteiger partial charge in [-0.3, -0.25) is 10.1 Å². The Morgan fingerprint density at radius 3 is 2.47 bits per heavy atom. The van der Waals surface area contributed by atoms with Crippen molar-refractivity contribution in [3.63, 3.8) is 0 Å². The van der Waals surface area contributed by atoms with Gasteiger partial charge in [0.25, 0.3) is 5.69 Å². The Labute approximate surface area is 86.2 Å². The molecule has 0 spiro atoms. The Balaban J connectivity index is 3.22. The molecule has 0 atom stereocenters. The van der Waals surface area contributed by atoms with Crippen LogP contribution in [0, 0.1) is 10.1 Å². The van der Waals surface area contributed by atoms with Crippen molar-refractivity contribution in [3.8, 4) is 5.75 Å². The van der Waals surface area contributed by atoms with Gasteiger partial charge in [0, 0.05) is 20.3 Å². The molecule has 0 bridgehead atoms. The van der Waals surface area contributed by atoms with Gasteiger partial charge in [-0.15, -0.1) is 0 Å². The molecule has 0 heterocycles. The van der Waals surface area contributed by atoms with Crippen LogP contribution in [0.1, 0.15) is 11.9 Å². The van der Waals surface area contributed by atoms with Crippen LogP contribution in [-0.2, 0) is 9.47 Å². The van der Waals surface area contributed by atoms with Crippen molar-refractivity contribution in [2.75, 3.05) is 14.2 Å². The molecule has 0 aliphatic heterocycles. The normalized spacial score (nSPS) is 10.6. The Bertz CT molecular complexity index is 362. The first-order chi connectivity index (χ1) is 7.10. The Morgan fingerprint density at radius 1 is 1.40 bits per heavy atom. The van der Waals surface area contributed by atoms with E-state index in [9.17, 15) is 15.2 Å². The fraction of sp³-hybridized carbons (Fsp3) is 0.333. The lowest BCUT2D eigenvalue weighted by atomic mass is 10.1. The number of phenolic OH excluding ortho intramolecular Hbond substituents is 1. The third-order valence-corrected chi connectivity index (χ3v) is 1.89. The number of phenols is 1. The molecule has 15 heavy (non-hydrogen) atoms. The highest BCUT2D eigenvalue weighted by molar-refractivity contribution is 5.45. The molecule has 0 radical (unpaired) electrons. The van der Waals surface area contributed by atoms with Gasteiger partial charge in [0.1, 0.15) is 5.75 Å². The van der Waals surface area contributed by atoms with Crippen LogP contribution in [0.3, 0.4) is 0 Å². The first-order valence-corrected chi connectivity index (χ1v) is 4.13. The van der Waals surface area contributed by atoms with E-state index in [4.69, 9.17) is 9.47 Å². The van der Waals surface area contributed by atoms with Crippen LogP contribution >= 0.6 is 0 Å². The summed E-state index contributed by atoms with van der Waals surface area (Å²) in [6.45, 7) is 0. The third kappa shape index (κ3) is 2.42. The van der Waals surface area contributed by atoms with Gasteiger partial charge in [-0.25, -0.2) is 0 Å². The van der Waals surface area contributed by atoms with Gasteiger partial charge in [-0.2, -0.15) is 0 Å². The highest BCUT2D eigenvalue weighted by Gasteiger charge is 2.22. The fourth-order valence-electron chi connectivity index (χ4n) is 1.25. The summed E-state index contributed by atoms with van der Waals surface area (Å²) in [5.41, 5.74) is 0.0338. The number of nitro groups is 1. The molecule has 0 saturated carbocycles. The van der Waals surface area contributed by atoms with Crippen molar-refractivity contribution < 1.29 is 19.5 Å². The molecule has 0 aromatic heterocycles. The number of hydrogen-bond acceptors (Lipinski definition) is 5. The van der Waals surface area contributed by atoms with E-state index in [-0.39, 0.29) is 17.0 Å². The lowest BCUT2D eigenvalue weighted by Gasteiger charge is -2.13. The van der Waals surface area contributed by atoms with Crippen LogP contribution in [-0.4, -0.2) is 24.2 Å². The SMILES string of the molecule is COC(OC)c1cc(O)ccc1[N+](=O)[O-]. The predicted octanol–water partition coefficient (Wildman–Crippen LogP) is 1.59. The summed E-state index contributed by atoms with van der Waals surface area (Å²) in [6.07, 6.45) is -0.863. The average molecular weight is 213 g/mol. The van der Waals surface area contributed by atoms with E-state index in [1.54, 1.807) is 0 Å². The lowest BCUT2D eigenvalue weighted by molar-refractivity contribution is -0.387. The number of rotatable bonds is 4. The molecule has 0 aliphatic carbocycles. The highest BCUT2D eigenvalue weighted by Crippen LogP contribution is 2.30. The van der Waals surface area contributed by atoms with E-state index in [0.29, 0.717) is 0 Å². The summed E-state index contributed by atoms with van der Waals surface area (Å²) >= 11 is 0. The summed E-state index contributed by atoms with van der Waals surface area (Å²) in [6, 6.07) is 3.69. The lowest BCUT2D eigenvalue weighted by Crippen LogP contribution is -2.06. The minimum Gasteiger partial charge on any atom is -0.508 e. The maximum atomic E-state index is 10.7. The molecular weight excluding hydrogens is 202 g/mol. The highest BCUT2D eigenvalue weighted by atomic mass is 16.7. The zero-order valence-electron chi connectivity index (χ0n) is 8.34. The zero-order valence-corrected chi connectivity index (χ0v) is 8.34. The first kappa shape index (κ1) is 11.4. The smallest absolute Gasteiger partial charge is 0.277 e. The largest absolute Gasteiger partial charge is 0.508 e. The van der Waals surface area contributed by atoms with Crippen molar-refractivity contribution in [1.82, 2.24) is 0 Å². The van der Waals surface area contributed by atoms with Crippen molar-refractivity contribution >= 4 is 5.69 Å². The number of nitro benzene ring substituents is 1. The summed E-state index contributed by atoms with van der Waals surface area (Å²) in [5.74, 6) is -0.0744. The van der Waals surface area contributed by atoms with Crippen LogP contribution in [0.15, 0.2) is 18.2 Å². The molecule has 0 unspecified atom stereocenters. The second-order valence-electron chi connectivity index (χ2n) is 2.80. The van der Waals surface area contributed by atoms with Crippen molar-refractivity contribution in [2.24, 2.45) is 0 Å². The molecule has 82 valence electrons. The molecule has 0 amide bonds. The van der Waals surface area contributed by atoms with Crippen LogP contribution < -0.4 is 0 Å². The zero-order chi connectivity index (χ0) is 11.4. The van der Waals surface area contributed by atoms with Crippen LogP contribution in [0.4, 0.5) is 5.69 Å². The van der Waals surface area contributed by atoms with E-state index in [2.05, 4.69) is 0 Å². The minimum atomic E-state index is -0.863. The van der Waals surface area contributed by atoms with Gasteiger partial charge in [-0.1, -0.05) is 0 Å². The summed E-state index contributed by atoms with van der Waals surface area (Å²) < 4.78 is 9.79. The molecule has 0 saturated heterocycles. The first-order valence-electron chi connectivity index (χ1n) is 4.13. The van der Waals surface area contributed by atoms with Gasteiger partial charge < -0.3 is 14.6 Å². The third-order valence-electron chi connectivity index (χ3n) is 1.89. The second kappa shape index (κ2) is 4.72. The van der Waals surface area contributed by atoms with E-state index in [1.165, 1.54) is 32.4 Å². The summed E-state index contributed by atoms with van der Waals surface area (Å²) in [4.78, 5) is 10.1. The van der Waals surface area contributed by atoms with E-state index >= 15 is 0 Å². The Hall–Kier alpha value is -1.66. The molecule has 6 heteroatoms. The van der Waals surface area contributed by atoms with Gasteiger partial charge in [0.2, 0.25) is 0 Å². The molecule has 1 aromatic carbocycles. The minimum absolute atomic E-state index is 0.0744. The molecule has 0 fully saturated rings. The van der Waals surface area contributed by atoms with Crippen molar-refractivity contribution in [1.29, 1.82) is 0 Å².